The third kappa shape index (κ3) is 6.56. The second-order valence-electron chi connectivity index (χ2n) is 7.95. The average Bonchev–Trinajstić information content (AvgIpc) is 3.20. The summed E-state index contributed by atoms with van der Waals surface area (Å²) in [5.74, 6) is -3.39. The number of hydrogen-bond donors (Lipinski definition) is 4. The molecule has 4 N–H and O–H groups in total. The van der Waals surface area contributed by atoms with E-state index in [1.807, 2.05) is 0 Å². The van der Waals surface area contributed by atoms with Crippen molar-refractivity contribution in [3.05, 3.63) is 52.6 Å². The van der Waals surface area contributed by atoms with Gasteiger partial charge in [-0.1, -0.05) is 6.07 Å². The number of ketones is 1. The molecule has 0 spiro atoms. The Morgan fingerprint density at radius 3 is 2.18 bits per heavy atom. The second-order valence-corrected chi connectivity index (χ2v) is 7.95. The zero-order valence-electron chi connectivity index (χ0n) is 20.7. The number of hydrogen-bond acceptors (Lipinski definition) is 11. The van der Waals surface area contributed by atoms with Crippen LogP contribution in [0.4, 0.5) is 0 Å². The molecule has 38 heavy (non-hydrogen) atoms. The number of aromatic hydroxyl groups is 1. The fourth-order valence-electron chi connectivity index (χ4n) is 3.66. The normalized spacial score (nSPS) is 12.0. The van der Waals surface area contributed by atoms with Gasteiger partial charge in [0.15, 0.2) is 30.5 Å². The SMILES string of the molecule is CCOC(=O)COc1cc(O)c(C(=O)CN2Cc3cc(C(=N)NO)ccc3C2=O)cc1OCC(=O)OCC. The highest BCUT2D eigenvalue weighted by Gasteiger charge is 2.30. The van der Waals surface area contributed by atoms with Gasteiger partial charge >= 0.3 is 11.9 Å². The van der Waals surface area contributed by atoms with Crippen molar-refractivity contribution in [3.63, 3.8) is 0 Å². The molecule has 3 rings (SSSR count). The molecule has 0 radical (unpaired) electrons. The van der Waals surface area contributed by atoms with Gasteiger partial charge in [0.1, 0.15) is 11.6 Å². The van der Waals surface area contributed by atoms with E-state index in [0.717, 1.165) is 12.1 Å². The standard InChI is InChI=1S/C25H27N3O10/c1-3-35-22(31)12-37-20-8-17(18(29)9-21(20)38-13-23(32)36-4-2)19(30)11-28-10-15-7-14(24(26)27-34)5-6-16(15)25(28)33/h5-9,29,34H,3-4,10-13H2,1-2H3,(H2,26,27). The van der Waals surface area contributed by atoms with Crippen LogP contribution in [0.5, 0.6) is 17.2 Å². The van der Waals surface area contributed by atoms with Gasteiger partial charge in [0.05, 0.1) is 25.3 Å². The number of nitrogens with zero attached hydrogens (tertiary/aromatic N) is 1. The molecule has 0 saturated heterocycles. The van der Waals surface area contributed by atoms with Crippen LogP contribution >= 0.6 is 0 Å². The third-order valence-electron chi connectivity index (χ3n) is 5.38. The van der Waals surface area contributed by atoms with Gasteiger partial charge < -0.3 is 29.0 Å². The van der Waals surface area contributed by atoms with Crippen molar-refractivity contribution in [3.8, 4) is 17.2 Å². The molecule has 0 atom stereocenters. The molecule has 0 saturated carbocycles. The van der Waals surface area contributed by atoms with Gasteiger partial charge in [-0.3, -0.25) is 25.7 Å². The Balaban J connectivity index is 1.80. The Hall–Kier alpha value is -4.65. The predicted octanol–water partition coefficient (Wildman–Crippen LogP) is 1.42. The summed E-state index contributed by atoms with van der Waals surface area (Å²) in [6.07, 6.45) is 0. The van der Waals surface area contributed by atoms with Gasteiger partial charge in [-0.25, -0.2) is 9.59 Å². The van der Waals surface area contributed by atoms with E-state index in [9.17, 15) is 24.3 Å². The molecule has 1 aliphatic rings. The Labute approximate surface area is 217 Å². The molecule has 0 unspecified atom stereocenters. The first-order valence-electron chi connectivity index (χ1n) is 11.6. The Bertz CT molecular complexity index is 1260. The lowest BCUT2D eigenvalue weighted by Gasteiger charge is -2.17. The van der Waals surface area contributed by atoms with Gasteiger partial charge in [-0.05, 0) is 37.6 Å². The van der Waals surface area contributed by atoms with E-state index in [4.69, 9.17) is 29.6 Å². The van der Waals surface area contributed by atoms with Crippen molar-refractivity contribution >= 4 is 29.5 Å². The summed E-state index contributed by atoms with van der Waals surface area (Å²) < 4.78 is 20.4. The quantitative estimate of drug-likeness (QED) is 0.102. The van der Waals surface area contributed by atoms with Crippen molar-refractivity contribution in [2.45, 2.75) is 20.4 Å². The van der Waals surface area contributed by atoms with Gasteiger partial charge in [0, 0.05) is 23.7 Å². The molecule has 202 valence electrons. The number of carbonyl (C=O) groups is 4. The minimum atomic E-state index is -0.686. The van der Waals surface area contributed by atoms with Gasteiger partial charge in [0.25, 0.3) is 5.91 Å². The minimum Gasteiger partial charge on any atom is -0.507 e. The van der Waals surface area contributed by atoms with Crippen LogP contribution in [0.1, 0.15) is 45.7 Å². The maximum atomic E-state index is 13.1. The lowest BCUT2D eigenvalue weighted by molar-refractivity contribution is -0.146. The van der Waals surface area contributed by atoms with E-state index in [2.05, 4.69) is 0 Å². The number of amidine groups is 1. The van der Waals surface area contributed by atoms with Crippen molar-refractivity contribution < 1.29 is 48.4 Å². The maximum Gasteiger partial charge on any atom is 0.344 e. The summed E-state index contributed by atoms with van der Waals surface area (Å²) in [5.41, 5.74) is 2.79. The van der Waals surface area contributed by atoms with Crippen LogP contribution in [0.15, 0.2) is 30.3 Å². The third-order valence-corrected chi connectivity index (χ3v) is 5.38. The first kappa shape index (κ1) is 27.9. The molecule has 1 heterocycles. The highest BCUT2D eigenvalue weighted by atomic mass is 16.6. The number of rotatable bonds is 12. The van der Waals surface area contributed by atoms with Crippen LogP contribution in [0.2, 0.25) is 0 Å². The molecule has 0 aromatic heterocycles. The smallest absolute Gasteiger partial charge is 0.344 e. The molecule has 0 aliphatic carbocycles. The topological polar surface area (TPSA) is 185 Å². The van der Waals surface area contributed by atoms with E-state index in [-0.39, 0.29) is 42.7 Å². The molecule has 0 bridgehead atoms. The number of benzene rings is 2. The zero-order chi connectivity index (χ0) is 27.8. The van der Waals surface area contributed by atoms with Crippen LogP contribution in [0.3, 0.4) is 0 Å². The zero-order valence-corrected chi connectivity index (χ0v) is 20.7. The predicted molar refractivity (Wildman–Crippen MR) is 130 cm³/mol. The summed E-state index contributed by atoms with van der Waals surface area (Å²) in [6, 6.07) is 6.75. The van der Waals surface area contributed by atoms with Crippen molar-refractivity contribution in [2.75, 3.05) is 33.0 Å². The number of phenols is 1. The molecule has 13 heteroatoms. The Morgan fingerprint density at radius 2 is 1.61 bits per heavy atom. The van der Waals surface area contributed by atoms with Crippen LogP contribution in [0.25, 0.3) is 0 Å². The second kappa shape index (κ2) is 12.5. The van der Waals surface area contributed by atoms with E-state index in [1.165, 1.54) is 17.0 Å². The summed E-state index contributed by atoms with van der Waals surface area (Å²) in [4.78, 5) is 50.6. The maximum absolute atomic E-state index is 13.1. The summed E-state index contributed by atoms with van der Waals surface area (Å²) in [6.45, 7) is 2.14. The molecule has 2 aromatic rings. The fraction of sp³-hybridized carbons (Fsp3) is 0.320. The van der Waals surface area contributed by atoms with E-state index in [0.29, 0.717) is 16.7 Å². The van der Waals surface area contributed by atoms with Crippen LogP contribution < -0.4 is 15.0 Å². The molecule has 2 aromatic carbocycles. The minimum absolute atomic E-state index is 0.0696. The number of esters is 2. The lowest BCUT2D eigenvalue weighted by Crippen LogP contribution is -2.30. The fourth-order valence-corrected chi connectivity index (χ4v) is 3.66. The number of ether oxygens (including phenoxy) is 4. The number of fused-ring (bicyclic) bond motifs is 1. The number of hydroxylamine groups is 1. The first-order chi connectivity index (χ1) is 18.2. The monoisotopic (exact) mass is 529 g/mol. The average molecular weight is 530 g/mol. The van der Waals surface area contributed by atoms with Crippen LogP contribution in [0, 0.1) is 5.41 Å². The largest absolute Gasteiger partial charge is 0.507 e. The highest BCUT2D eigenvalue weighted by molar-refractivity contribution is 6.06. The molecule has 0 fully saturated rings. The van der Waals surface area contributed by atoms with Gasteiger partial charge in [0.2, 0.25) is 0 Å². The number of nitrogens with one attached hydrogen (secondary N) is 2. The lowest BCUT2D eigenvalue weighted by atomic mass is 10.1. The van der Waals surface area contributed by atoms with Gasteiger partial charge in [-0.2, -0.15) is 0 Å². The van der Waals surface area contributed by atoms with Crippen molar-refractivity contribution in [2.24, 2.45) is 0 Å². The summed E-state index contributed by atoms with van der Waals surface area (Å²) >= 11 is 0. The molecule has 1 amide bonds. The summed E-state index contributed by atoms with van der Waals surface area (Å²) in [7, 11) is 0. The number of amides is 1. The number of carbonyl (C=O) groups excluding carboxylic acids is 4. The summed E-state index contributed by atoms with van der Waals surface area (Å²) in [5, 5.41) is 27.1. The molecular weight excluding hydrogens is 502 g/mol. The number of Topliss-reactive ketones (excluding diaryl/α,β-unsaturated/α-hetero) is 1. The van der Waals surface area contributed by atoms with E-state index >= 15 is 0 Å². The molecule has 13 nitrogen and oxygen atoms in total. The van der Waals surface area contributed by atoms with Crippen LogP contribution in [-0.4, -0.2) is 77.7 Å². The molecule has 1 aliphatic heterocycles. The first-order valence-corrected chi connectivity index (χ1v) is 11.6. The molecular formula is C25H27N3O10. The van der Waals surface area contributed by atoms with E-state index in [1.54, 1.807) is 25.4 Å². The van der Waals surface area contributed by atoms with Crippen molar-refractivity contribution in [1.82, 2.24) is 10.4 Å². The van der Waals surface area contributed by atoms with Crippen molar-refractivity contribution in [1.29, 1.82) is 5.41 Å². The highest BCUT2D eigenvalue weighted by Crippen LogP contribution is 2.35. The Morgan fingerprint density at radius 1 is 1.00 bits per heavy atom. The Kier molecular flexibility index (Phi) is 9.22. The van der Waals surface area contributed by atoms with Gasteiger partial charge in [-0.15, -0.1) is 0 Å². The van der Waals surface area contributed by atoms with E-state index < -0.39 is 49.1 Å². The number of phenolic OH excluding ortho intramolecular Hbond substituents is 1. The van der Waals surface area contributed by atoms with Crippen LogP contribution in [-0.2, 0) is 25.6 Å².